The van der Waals surface area contributed by atoms with Gasteiger partial charge < -0.3 is 9.32 Å². The topological polar surface area (TPSA) is 16.4 Å². The highest BCUT2D eigenvalue weighted by Crippen LogP contribution is 2.44. The van der Waals surface area contributed by atoms with Gasteiger partial charge in [0.1, 0.15) is 11.2 Å². The first-order valence-electron chi connectivity index (χ1n) is 22.8. The molecule has 0 unspecified atom stereocenters. The average molecular weight is 872 g/mol. The van der Waals surface area contributed by atoms with E-state index in [2.05, 4.69) is 254 Å². The Labute approximate surface area is 392 Å². The lowest BCUT2D eigenvalue weighted by Gasteiger charge is -2.26. The van der Waals surface area contributed by atoms with E-state index in [4.69, 9.17) is 4.42 Å². The monoisotopic (exact) mass is 871 g/mol. The summed E-state index contributed by atoms with van der Waals surface area (Å²) in [5.74, 6) is 0. The summed E-state index contributed by atoms with van der Waals surface area (Å²) in [7, 11) is 0. The SMILES string of the molecule is c1ccc(-c2ccc(-c3ccc(N(c4ccc(-c5cccc6oc7c8ccccc8ccc7c56)cc4)c4ccc(-c5cccc6sc7ccccc7c56)cc4)cc3)cc2-c2ccccc2)cc1. The van der Waals surface area contributed by atoms with Gasteiger partial charge in [0.15, 0.2) is 0 Å². The molecule has 0 spiro atoms. The van der Waals surface area contributed by atoms with E-state index < -0.39 is 0 Å². The Kier molecular flexibility index (Phi) is 9.40. The number of thiophene rings is 1. The van der Waals surface area contributed by atoms with Gasteiger partial charge in [-0.15, -0.1) is 11.3 Å². The third kappa shape index (κ3) is 6.79. The maximum atomic E-state index is 6.58. The molecule has 11 aromatic carbocycles. The van der Waals surface area contributed by atoms with E-state index in [0.29, 0.717) is 0 Å². The molecule has 0 radical (unpaired) electrons. The molecule has 0 aliphatic heterocycles. The van der Waals surface area contributed by atoms with Gasteiger partial charge in [0.2, 0.25) is 0 Å². The van der Waals surface area contributed by atoms with Crippen molar-refractivity contribution in [3.8, 4) is 55.6 Å². The van der Waals surface area contributed by atoms with Gasteiger partial charge >= 0.3 is 0 Å². The Morgan fingerprint density at radius 2 is 0.821 bits per heavy atom. The summed E-state index contributed by atoms with van der Waals surface area (Å²) in [6, 6.07) is 90.0. The number of hydrogen-bond donors (Lipinski definition) is 0. The lowest BCUT2D eigenvalue weighted by Crippen LogP contribution is -2.09. The van der Waals surface area contributed by atoms with E-state index in [0.717, 1.165) is 61.1 Å². The van der Waals surface area contributed by atoms with Crippen LogP contribution < -0.4 is 4.90 Å². The summed E-state index contributed by atoms with van der Waals surface area (Å²) in [5.41, 5.74) is 17.0. The summed E-state index contributed by atoms with van der Waals surface area (Å²) in [6.45, 7) is 0. The number of anilines is 3. The fourth-order valence-electron chi connectivity index (χ4n) is 10.1. The van der Waals surface area contributed by atoms with Crippen LogP contribution in [-0.4, -0.2) is 0 Å². The average Bonchev–Trinajstić information content (AvgIpc) is 3.99. The molecule has 67 heavy (non-hydrogen) atoms. The highest BCUT2D eigenvalue weighted by molar-refractivity contribution is 7.25. The normalized spacial score (nSPS) is 11.6. The first-order valence-corrected chi connectivity index (χ1v) is 23.6. The standard InChI is InChI=1S/C64H41NOS/c1-3-13-43(14-4-1)52-39-32-48(41-58(52)44-15-5-2-6-16-44)42-25-33-49(34-26-42)65(51-37-29-47(30-38-51)54-21-12-24-61-63(54)56-19-9-10-23-60(56)67-61)50-35-27-46(28-36-50)53-20-11-22-59-62(53)57-40-31-45-17-7-8-18-55(45)64(57)66-59/h1-41H. The molecule has 2 aromatic heterocycles. The molecule has 2 heterocycles. The lowest BCUT2D eigenvalue weighted by atomic mass is 9.91. The number of nitrogens with zero attached hydrogens (tertiary/aromatic N) is 1. The van der Waals surface area contributed by atoms with Crippen molar-refractivity contribution in [3.05, 3.63) is 249 Å². The summed E-state index contributed by atoms with van der Waals surface area (Å²) in [5, 5.41) is 7.20. The third-order valence-electron chi connectivity index (χ3n) is 13.3. The Morgan fingerprint density at radius 1 is 0.299 bits per heavy atom. The van der Waals surface area contributed by atoms with Crippen LogP contribution in [0.1, 0.15) is 0 Å². The van der Waals surface area contributed by atoms with E-state index in [1.165, 1.54) is 64.5 Å². The van der Waals surface area contributed by atoms with Crippen molar-refractivity contribution in [1.29, 1.82) is 0 Å². The maximum Gasteiger partial charge on any atom is 0.143 e. The van der Waals surface area contributed by atoms with Crippen molar-refractivity contribution < 1.29 is 4.42 Å². The van der Waals surface area contributed by atoms with Crippen molar-refractivity contribution >= 4 is 81.3 Å². The zero-order valence-corrected chi connectivity index (χ0v) is 37.3. The van der Waals surface area contributed by atoms with Gasteiger partial charge in [0.05, 0.1) is 0 Å². The molecule has 2 nitrogen and oxygen atoms in total. The molecule has 0 saturated carbocycles. The van der Waals surface area contributed by atoms with Gasteiger partial charge in [0, 0.05) is 53.4 Å². The fourth-order valence-corrected chi connectivity index (χ4v) is 11.2. The van der Waals surface area contributed by atoms with E-state index in [1.807, 2.05) is 11.3 Å². The summed E-state index contributed by atoms with van der Waals surface area (Å²) < 4.78 is 9.20. The molecular weight excluding hydrogens is 831 g/mol. The lowest BCUT2D eigenvalue weighted by molar-refractivity contribution is 0.673. The summed E-state index contributed by atoms with van der Waals surface area (Å²) >= 11 is 1.86. The van der Waals surface area contributed by atoms with Crippen LogP contribution in [0.4, 0.5) is 17.1 Å². The van der Waals surface area contributed by atoms with Crippen molar-refractivity contribution in [3.63, 3.8) is 0 Å². The number of furan rings is 1. The van der Waals surface area contributed by atoms with Crippen molar-refractivity contribution in [2.45, 2.75) is 0 Å². The smallest absolute Gasteiger partial charge is 0.143 e. The second-order valence-electron chi connectivity index (χ2n) is 17.2. The van der Waals surface area contributed by atoms with Gasteiger partial charge in [-0.25, -0.2) is 0 Å². The molecule has 0 aliphatic rings. The van der Waals surface area contributed by atoms with Gasteiger partial charge in [0.25, 0.3) is 0 Å². The minimum Gasteiger partial charge on any atom is -0.455 e. The zero-order chi connectivity index (χ0) is 44.3. The highest BCUT2D eigenvalue weighted by Gasteiger charge is 2.19. The van der Waals surface area contributed by atoms with E-state index >= 15 is 0 Å². The maximum absolute atomic E-state index is 6.58. The number of hydrogen-bond acceptors (Lipinski definition) is 3. The van der Waals surface area contributed by atoms with E-state index in [-0.39, 0.29) is 0 Å². The van der Waals surface area contributed by atoms with Crippen LogP contribution in [0.5, 0.6) is 0 Å². The Bertz CT molecular complexity index is 3940. The first-order chi connectivity index (χ1) is 33.2. The summed E-state index contributed by atoms with van der Waals surface area (Å²) in [6.07, 6.45) is 0. The van der Waals surface area contributed by atoms with E-state index in [1.54, 1.807) is 0 Å². The van der Waals surface area contributed by atoms with Crippen LogP contribution in [0.3, 0.4) is 0 Å². The molecule has 314 valence electrons. The quantitative estimate of drug-likeness (QED) is 0.151. The number of rotatable bonds is 8. The minimum atomic E-state index is 0.895. The van der Waals surface area contributed by atoms with Crippen LogP contribution in [0.15, 0.2) is 253 Å². The van der Waals surface area contributed by atoms with Crippen LogP contribution >= 0.6 is 11.3 Å². The molecule has 0 atom stereocenters. The molecule has 13 rings (SSSR count). The molecule has 0 amide bonds. The minimum absolute atomic E-state index is 0.895. The Hall–Kier alpha value is -8.50. The molecule has 13 aromatic rings. The second kappa shape index (κ2) is 16.2. The van der Waals surface area contributed by atoms with Gasteiger partial charge in [-0.2, -0.15) is 0 Å². The second-order valence-corrected chi connectivity index (χ2v) is 18.3. The molecular formula is C64H41NOS. The molecule has 3 heteroatoms. The number of fused-ring (bicyclic) bond motifs is 8. The summed E-state index contributed by atoms with van der Waals surface area (Å²) in [4.78, 5) is 2.37. The predicted molar refractivity (Wildman–Crippen MR) is 286 cm³/mol. The third-order valence-corrected chi connectivity index (χ3v) is 14.4. The molecule has 0 N–H and O–H groups in total. The molecule has 0 aliphatic carbocycles. The van der Waals surface area contributed by atoms with Gasteiger partial charge in [-0.05, 0) is 128 Å². The van der Waals surface area contributed by atoms with Crippen LogP contribution in [0.25, 0.3) is 109 Å². The van der Waals surface area contributed by atoms with Crippen LogP contribution in [0.2, 0.25) is 0 Å². The van der Waals surface area contributed by atoms with Crippen LogP contribution in [-0.2, 0) is 0 Å². The van der Waals surface area contributed by atoms with Crippen LogP contribution in [0, 0.1) is 0 Å². The molecule has 0 fully saturated rings. The van der Waals surface area contributed by atoms with Crippen molar-refractivity contribution in [1.82, 2.24) is 0 Å². The zero-order valence-electron chi connectivity index (χ0n) is 36.4. The molecule has 0 saturated heterocycles. The first kappa shape index (κ1) is 38.9. The Morgan fingerprint density at radius 3 is 1.51 bits per heavy atom. The number of benzene rings is 11. The van der Waals surface area contributed by atoms with Crippen molar-refractivity contribution in [2.75, 3.05) is 4.90 Å². The predicted octanol–water partition coefficient (Wildman–Crippen LogP) is 18.9. The highest BCUT2D eigenvalue weighted by atomic mass is 32.1. The van der Waals surface area contributed by atoms with E-state index in [9.17, 15) is 0 Å². The largest absolute Gasteiger partial charge is 0.455 e. The van der Waals surface area contributed by atoms with Crippen molar-refractivity contribution in [2.24, 2.45) is 0 Å². The Balaban J connectivity index is 0.907. The molecule has 0 bridgehead atoms. The van der Waals surface area contributed by atoms with Gasteiger partial charge in [-0.1, -0.05) is 182 Å². The van der Waals surface area contributed by atoms with Gasteiger partial charge in [-0.3, -0.25) is 0 Å². The fraction of sp³-hybridized carbons (Fsp3) is 0.